The van der Waals surface area contributed by atoms with Crippen LogP contribution >= 0.6 is 11.8 Å². The first-order valence-electron chi connectivity index (χ1n) is 7.39. The number of carbonyl (C=O) groups excluding carboxylic acids is 2. The summed E-state index contributed by atoms with van der Waals surface area (Å²) in [4.78, 5) is 23.5. The number of nitrogens with one attached hydrogen (secondary N) is 3. The first-order valence-corrected chi connectivity index (χ1v) is 8.55. The van der Waals surface area contributed by atoms with E-state index in [1.54, 1.807) is 17.1 Å². The molecule has 9 heteroatoms. The summed E-state index contributed by atoms with van der Waals surface area (Å²) in [5, 5.41) is 7.76. The van der Waals surface area contributed by atoms with Crippen LogP contribution in [0.5, 0.6) is 0 Å². The number of anilines is 1. The fourth-order valence-corrected chi connectivity index (χ4v) is 3.12. The Kier molecular flexibility index (Phi) is 6.50. The molecule has 0 spiro atoms. The van der Waals surface area contributed by atoms with Crippen molar-refractivity contribution in [2.45, 2.75) is 18.6 Å². The summed E-state index contributed by atoms with van der Waals surface area (Å²) in [5.41, 5.74) is 0.596. The third kappa shape index (κ3) is 6.40. The van der Waals surface area contributed by atoms with Gasteiger partial charge in [-0.05, 0) is 24.3 Å². The number of amides is 2. The molecule has 24 heavy (non-hydrogen) atoms. The number of hydrogen-bond acceptors (Lipinski definition) is 4. The van der Waals surface area contributed by atoms with E-state index in [-0.39, 0.29) is 17.5 Å². The van der Waals surface area contributed by atoms with Crippen LogP contribution in [0.15, 0.2) is 24.3 Å². The van der Waals surface area contributed by atoms with Gasteiger partial charge in [-0.15, -0.1) is 0 Å². The molecule has 0 aliphatic carbocycles. The Morgan fingerprint density at radius 1 is 1.25 bits per heavy atom. The van der Waals surface area contributed by atoms with Crippen molar-refractivity contribution in [1.82, 2.24) is 10.6 Å². The molecule has 2 amide bonds. The second-order valence-electron chi connectivity index (χ2n) is 5.35. The molecule has 1 aliphatic rings. The lowest BCUT2D eigenvalue weighted by Crippen LogP contribution is -2.39. The number of hydrogen-bond donors (Lipinski definition) is 3. The lowest BCUT2D eigenvalue weighted by molar-refractivity contribution is -0.123. The van der Waals surface area contributed by atoms with Gasteiger partial charge >= 0.3 is 6.18 Å². The van der Waals surface area contributed by atoms with Crippen molar-refractivity contribution >= 4 is 29.3 Å². The molecule has 1 heterocycles. The zero-order valence-electron chi connectivity index (χ0n) is 12.8. The Balaban J connectivity index is 1.82. The Bertz CT molecular complexity index is 572. The highest BCUT2D eigenvalue weighted by Gasteiger charge is 2.27. The van der Waals surface area contributed by atoms with Gasteiger partial charge in [0.15, 0.2) is 0 Å². The van der Waals surface area contributed by atoms with Crippen molar-refractivity contribution in [1.29, 1.82) is 0 Å². The molecule has 1 atom stereocenters. The molecule has 1 fully saturated rings. The first-order chi connectivity index (χ1) is 11.3. The molecule has 0 aromatic heterocycles. The molecule has 1 saturated heterocycles. The summed E-state index contributed by atoms with van der Waals surface area (Å²) < 4.78 is 36.2. The average molecular weight is 361 g/mol. The molecule has 3 N–H and O–H groups in total. The second-order valence-corrected chi connectivity index (χ2v) is 6.50. The standard InChI is InChI=1S/C15H18F3N3O2S/c16-15(17,18)9-20-14(23)10-1-3-11(4-2-10)21-13(22)7-12-8-24-6-5-19-12/h1-4,12,19H,5-9H2,(H,20,23)(H,21,22). The molecular formula is C15H18F3N3O2S. The van der Waals surface area contributed by atoms with E-state index in [1.807, 2.05) is 0 Å². The monoisotopic (exact) mass is 361 g/mol. The van der Waals surface area contributed by atoms with Crippen molar-refractivity contribution in [2.24, 2.45) is 0 Å². The molecule has 132 valence electrons. The molecule has 0 bridgehead atoms. The fourth-order valence-electron chi connectivity index (χ4n) is 2.17. The molecule has 1 unspecified atom stereocenters. The molecule has 1 aromatic carbocycles. The number of benzene rings is 1. The SMILES string of the molecule is O=C(CC1CSCCN1)Nc1ccc(C(=O)NCC(F)(F)F)cc1. The van der Waals surface area contributed by atoms with Gasteiger partial charge in [0, 0.05) is 41.8 Å². The van der Waals surface area contributed by atoms with E-state index in [2.05, 4.69) is 10.6 Å². The zero-order chi connectivity index (χ0) is 17.6. The molecule has 1 aromatic rings. The lowest BCUT2D eigenvalue weighted by Gasteiger charge is -2.22. The number of rotatable bonds is 5. The molecule has 2 rings (SSSR count). The van der Waals surface area contributed by atoms with Gasteiger partial charge in [0.05, 0.1) is 0 Å². The van der Waals surface area contributed by atoms with Crippen molar-refractivity contribution in [2.75, 3.05) is 29.9 Å². The normalized spacial score (nSPS) is 18.0. The minimum Gasteiger partial charge on any atom is -0.343 e. The van der Waals surface area contributed by atoms with Gasteiger partial charge < -0.3 is 16.0 Å². The zero-order valence-corrected chi connectivity index (χ0v) is 13.6. The van der Waals surface area contributed by atoms with E-state index in [9.17, 15) is 22.8 Å². The largest absolute Gasteiger partial charge is 0.405 e. The van der Waals surface area contributed by atoms with Crippen LogP contribution in [0.2, 0.25) is 0 Å². The topological polar surface area (TPSA) is 70.2 Å². The Labute approximate surface area is 141 Å². The summed E-state index contributed by atoms with van der Waals surface area (Å²) in [6.07, 6.45) is -4.10. The van der Waals surface area contributed by atoms with Crippen molar-refractivity contribution < 1.29 is 22.8 Å². The van der Waals surface area contributed by atoms with E-state index in [1.165, 1.54) is 24.3 Å². The highest BCUT2D eigenvalue weighted by molar-refractivity contribution is 7.99. The quantitative estimate of drug-likeness (QED) is 0.750. The van der Waals surface area contributed by atoms with Crippen molar-refractivity contribution in [3.05, 3.63) is 29.8 Å². The van der Waals surface area contributed by atoms with E-state index in [0.717, 1.165) is 18.1 Å². The summed E-state index contributed by atoms with van der Waals surface area (Å²) in [6.45, 7) is -0.499. The van der Waals surface area contributed by atoms with Gasteiger partial charge in [-0.2, -0.15) is 24.9 Å². The van der Waals surface area contributed by atoms with Gasteiger partial charge in [-0.25, -0.2) is 0 Å². The number of halogens is 3. The second kappa shape index (κ2) is 8.39. The Morgan fingerprint density at radius 2 is 1.96 bits per heavy atom. The van der Waals surface area contributed by atoms with E-state index in [4.69, 9.17) is 0 Å². The minimum atomic E-state index is -4.45. The van der Waals surface area contributed by atoms with E-state index >= 15 is 0 Å². The fraction of sp³-hybridized carbons (Fsp3) is 0.467. The first kappa shape index (κ1) is 18.6. The maximum Gasteiger partial charge on any atom is 0.405 e. The highest BCUT2D eigenvalue weighted by atomic mass is 32.2. The number of alkyl halides is 3. The number of carbonyl (C=O) groups is 2. The van der Waals surface area contributed by atoms with Crippen LogP contribution in [-0.4, -0.2) is 48.6 Å². The van der Waals surface area contributed by atoms with E-state index < -0.39 is 18.6 Å². The van der Waals surface area contributed by atoms with Gasteiger partial charge in [0.2, 0.25) is 5.91 Å². The van der Waals surface area contributed by atoms with Crippen LogP contribution in [0.1, 0.15) is 16.8 Å². The lowest BCUT2D eigenvalue weighted by atomic mass is 10.1. The maximum atomic E-state index is 12.1. The van der Waals surface area contributed by atoms with Crippen LogP contribution in [-0.2, 0) is 4.79 Å². The van der Waals surface area contributed by atoms with Crippen LogP contribution in [0, 0.1) is 0 Å². The highest BCUT2D eigenvalue weighted by Crippen LogP contribution is 2.15. The predicted molar refractivity (Wildman–Crippen MR) is 87.2 cm³/mol. The van der Waals surface area contributed by atoms with Gasteiger partial charge in [0.1, 0.15) is 6.54 Å². The smallest absolute Gasteiger partial charge is 0.343 e. The summed E-state index contributed by atoms with van der Waals surface area (Å²) in [5.74, 6) is 0.958. The summed E-state index contributed by atoms with van der Waals surface area (Å²) in [7, 11) is 0. The minimum absolute atomic E-state index is 0.0996. The average Bonchev–Trinajstić information content (AvgIpc) is 2.53. The maximum absolute atomic E-state index is 12.1. The van der Waals surface area contributed by atoms with Crippen LogP contribution in [0.25, 0.3) is 0 Å². The molecule has 0 saturated carbocycles. The van der Waals surface area contributed by atoms with E-state index in [0.29, 0.717) is 12.1 Å². The van der Waals surface area contributed by atoms with Crippen molar-refractivity contribution in [3.8, 4) is 0 Å². The van der Waals surface area contributed by atoms with Crippen LogP contribution in [0.4, 0.5) is 18.9 Å². The van der Waals surface area contributed by atoms with Gasteiger partial charge in [-0.3, -0.25) is 9.59 Å². The molecule has 0 radical (unpaired) electrons. The van der Waals surface area contributed by atoms with Crippen molar-refractivity contribution in [3.63, 3.8) is 0 Å². The van der Waals surface area contributed by atoms with Gasteiger partial charge in [0.25, 0.3) is 5.91 Å². The van der Waals surface area contributed by atoms with Crippen LogP contribution < -0.4 is 16.0 Å². The Hall–Kier alpha value is -1.74. The molecular weight excluding hydrogens is 343 g/mol. The Morgan fingerprint density at radius 3 is 2.54 bits per heavy atom. The summed E-state index contributed by atoms with van der Waals surface area (Å²) >= 11 is 1.80. The van der Waals surface area contributed by atoms with Gasteiger partial charge in [-0.1, -0.05) is 0 Å². The molecule has 5 nitrogen and oxygen atoms in total. The third-order valence-corrected chi connectivity index (χ3v) is 4.44. The number of thioether (sulfide) groups is 1. The molecule has 1 aliphatic heterocycles. The predicted octanol–water partition coefficient (Wildman–Crippen LogP) is 2.01. The summed E-state index contributed by atoms with van der Waals surface area (Å²) in [6, 6.07) is 5.86. The van der Waals surface area contributed by atoms with Crippen LogP contribution in [0.3, 0.4) is 0 Å². The third-order valence-electron chi connectivity index (χ3n) is 3.31.